The van der Waals surface area contributed by atoms with Crippen molar-refractivity contribution in [2.75, 3.05) is 13.2 Å². The van der Waals surface area contributed by atoms with Crippen LogP contribution in [0, 0.1) is 0 Å². The molecule has 0 bridgehead atoms. The molecule has 0 aliphatic rings. The van der Waals surface area contributed by atoms with Crippen LogP contribution in [-0.2, 0) is 28.2 Å². The van der Waals surface area contributed by atoms with Gasteiger partial charge in [0, 0.05) is 12.8 Å². The molecule has 0 aliphatic carbocycles. The molecular formula is C56H107O8P. The van der Waals surface area contributed by atoms with Crippen LogP contribution in [0.3, 0.4) is 0 Å². The highest BCUT2D eigenvalue weighted by Crippen LogP contribution is 2.36. The minimum absolute atomic E-state index is 0.213. The molecule has 0 rings (SSSR count). The van der Waals surface area contributed by atoms with E-state index in [0.29, 0.717) is 6.42 Å². The van der Waals surface area contributed by atoms with E-state index >= 15 is 0 Å². The predicted octanol–water partition coefficient (Wildman–Crippen LogP) is 18.3. The second-order valence-electron chi connectivity index (χ2n) is 19.3. The number of carbonyl (C=O) groups excluding carboxylic acids is 2. The van der Waals surface area contributed by atoms with Gasteiger partial charge in [-0.3, -0.25) is 14.1 Å². The standard InChI is InChI=1S/C56H107O8P/c1-3-5-7-9-11-13-15-17-19-21-23-25-27-29-30-32-34-36-38-40-42-44-46-48-50-55(57)62-52-54(53-63-65(59,60)61)64-56(58)51-49-47-45-43-41-39-37-35-33-31-28-26-24-22-20-18-16-14-12-10-8-6-4-2/h16,18,22,24,54H,3-15,17,19-21,23,25-53H2,1-2H3,(H2,59,60,61)/b18-16-,24-22-. The van der Waals surface area contributed by atoms with Crippen molar-refractivity contribution in [2.45, 2.75) is 309 Å². The van der Waals surface area contributed by atoms with Gasteiger partial charge in [-0.1, -0.05) is 269 Å². The molecule has 0 radical (unpaired) electrons. The van der Waals surface area contributed by atoms with E-state index in [1.54, 1.807) is 0 Å². The van der Waals surface area contributed by atoms with Crippen LogP contribution in [0.1, 0.15) is 303 Å². The van der Waals surface area contributed by atoms with Gasteiger partial charge in [-0.25, -0.2) is 4.57 Å². The number of carbonyl (C=O) groups is 2. The Bertz CT molecular complexity index is 1100. The zero-order valence-corrected chi connectivity index (χ0v) is 43.8. The van der Waals surface area contributed by atoms with Crippen LogP contribution in [0.25, 0.3) is 0 Å². The van der Waals surface area contributed by atoms with E-state index in [1.165, 1.54) is 225 Å². The van der Waals surface area contributed by atoms with Gasteiger partial charge in [0.2, 0.25) is 0 Å². The first kappa shape index (κ1) is 63.5. The Morgan fingerprint density at radius 1 is 0.400 bits per heavy atom. The number of allylic oxidation sites excluding steroid dienone is 4. The minimum atomic E-state index is -4.76. The van der Waals surface area contributed by atoms with Gasteiger partial charge in [-0.15, -0.1) is 0 Å². The maximum Gasteiger partial charge on any atom is 0.469 e. The molecule has 65 heavy (non-hydrogen) atoms. The fourth-order valence-corrected chi connectivity index (χ4v) is 8.89. The van der Waals surface area contributed by atoms with Crippen LogP contribution in [0.15, 0.2) is 24.3 Å². The summed E-state index contributed by atoms with van der Waals surface area (Å²) < 4.78 is 26.6. The molecule has 384 valence electrons. The lowest BCUT2D eigenvalue weighted by Crippen LogP contribution is -2.29. The number of hydrogen-bond donors (Lipinski definition) is 2. The quantitative estimate of drug-likeness (QED) is 0.0268. The molecule has 0 aromatic carbocycles. The van der Waals surface area contributed by atoms with E-state index in [-0.39, 0.29) is 19.4 Å². The third-order valence-electron chi connectivity index (χ3n) is 12.7. The monoisotopic (exact) mass is 939 g/mol. The number of phosphoric ester groups is 1. The van der Waals surface area contributed by atoms with Crippen molar-refractivity contribution in [3.63, 3.8) is 0 Å². The lowest BCUT2D eigenvalue weighted by atomic mass is 10.0. The Hall–Kier alpha value is -1.47. The van der Waals surface area contributed by atoms with Crippen LogP contribution < -0.4 is 0 Å². The number of ether oxygens (including phenoxy) is 2. The van der Waals surface area contributed by atoms with Crippen LogP contribution in [0.2, 0.25) is 0 Å². The Kier molecular flexibility index (Phi) is 50.7. The first-order valence-corrected chi connectivity index (χ1v) is 29.7. The maximum absolute atomic E-state index is 12.5. The smallest absolute Gasteiger partial charge is 0.462 e. The normalized spacial score (nSPS) is 12.5. The first-order valence-electron chi connectivity index (χ1n) is 28.1. The molecule has 0 aromatic rings. The third kappa shape index (κ3) is 55.0. The van der Waals surface area contributed by atoms with Crippen LogP contribution >= 0.6 is 7.82 Å². The fraction of sp³-hybridized carbons (Fsp3) is 0.893. The largest absolute Gasteiger partial charge is 0.469 e. The topological polar surface area (TPSA) is 119 Å². The van der Waals surface area contributed by atoms with Gasteiger partial charge < -0.3 is 19.3 Å². The number of esters is 2. The molecule has 0 fully saturated rings. The Morgan fingerprint density at radius 2 is 0.692 bits per heavy atom. The van der Waals surface area contributed by atoms with Gasteiger partial charge in [0.1, 0.15) is 6.61 Å². The van der Waals surface area contributed by atoms with Gasteiger partial charge in [0.25, 0.3) is 0 Å². The van der Waals surface area contributed by atoms with Crippen LogP contribution in [0.5, 0.6) is 0 Å². The van der Waals surface area contributed by atoms with Crippen molar-refractivity contribution >= 4 is 19.8 Å². The Labute approximate surface area is 402 Å². The molecule has 2 N–H and O–H groups in total. The predicted molar refractivity (Wildman–Crippen MR) is 276 cm³/mol. The molecule has 0 amide bonds. The zero-order valence-electron chi connectivity index (χ0n) is 42.9. The summed E-state index contributed by atoms with van der Waals surface area (Å²) in [6.45, 7) is 3.74. The lowest BCUT2D eigenvalue weighted by Gasteiger charge is -2.18. The molecule has 1 atom stereocenters. The summed E-state index contributed by atoms with van der Waals surface area (Å²) in [5, 5.41) is 0. The summed E-state index contributed by atoms with van der Waals surface area (Å²) in [6.07, 6.45) is 63.5. The summed E-state index contributed by atoms with van der Waals surface area (Å²) >= 11 is 0. The zero-order chi connectivity index (χ0) is 47.4. The molecule has 8 nitrogen and oxygen atoms in total. The van der Waals surface area contributed by atoms with Gasteiger partial charge in [-0.2, -0.15) is 0 Å². The van der Waals surface area contributed by atoms with Crippen LogP contribution in [-0.4, -0.2) is 41.0 Å². The van der Waals surface area contributed by atoms with Crippen LogP contribution in [0.4, 0.5) is 0 Å². The molecular weight excluding hydrogens is 832 g/mol. The van der Waals surface area contributed by atoms with Gasteiger partial charge >= 0.3 is 19.8 Å². The van der Waals surface area contributed by atoms with E-state index in [9.17, 15) is 14.2 Å². The fourth-order valence-electron chi connectivity index (χ4n) is 8.53. The molecule has 0 saturated heterocycles. The summed E-state index contributed by atoms with van der Waals surface area (Å²) in [4.78, 5) is 43.2. The summed E-state index contributed by atoms with van der Waals surface area (Å²) in [5.41, 5.74) is 0. The Morgan fingerprint density at radius 3 is 1.02 bits per heavy atom. The molecule has 9 heteroatoms. The highest BCUT2D eigenvalue weighted by Gasteiger charge is 2.23. The van der Waals surface area contributed by atoms with E-state index in [1.807, 2.05) is 0 Å². The van der Waals surface area contributed by atoms with Gasteiger partial charge in [0.15, 0.2) is 6.10 Å². The number of hydrogen-bond acceptors (Lipinski definition) is 6. The molecule has 0 saturated carbocycles. The number of phosphoric acid groups is 1. The first-order chi connectivity index (χ1) is 31.8. The van der Waals surface area contributed by atoms with Crippen molar-refractivity contribution in [1.82, 2.24) is 0 Å². The van der Waals surface area contributed by atoms with Crippen molar-refractivity contribution in [3.8, 4) is 0 Å². The second-order valence-corrected chi connectivity index (χ2v) is 20.5. The second kappa shape index (κ2) is 51.9. The number of rotatable bonds is 53. The van der Waals surface area contributed by atoms with Crippen molar-refractivity contribution in [2.24, 2.45) is 0 Å². The SMILES string of the molecule is CCCCCCC/C=C\C/C=C\CCCCCCCCCCCCCC(=O)OC(COC(=O)CCCCCCCCCCCCCCCCCCCCCCCCCC)COP(=O)(O)O. The van der Waals surface area contributed by atoms with E-state index in [4.69, 9.17) is 19.3 Å². The molecule has 0 heterocycles. The lowest BCUT2D eigenvalue weighted by molar-refractivity contribution is -0.161. The molecule has 0 spiro atoms. The minimum Gasteiger partial charge on any atom is -0.462 e. The average Bonchev–Trinajstić information content (AvgIpc) is 3.28. The summed E-state index contributed by atoms with van der Waals surface area (Å²) in [6, 6.07) is 0. The van der Waals surface area contributed by atoms with Crippen molar-refractivity contribution in [3.05, 3.63) is 24.3 Å². The Balaban J connectivity index is 3.74. The maximum atomic E-state index is 12.5. The van der Waals surface area contributed by atoms with Gasteiger partial charge in [-0.05, 0) is 44.9 Å². The van der Waals surface area contributed by atoms with Crippen molar-refractivity contribution in [1.29, 1.82) is 0 Å². The van der Waals surface area contributed by atoms with Gasteiger partial charge in [0.05, 0.1) is 6.61 Å². The van der Waals surface area contributed by atoms with E-state index in [0.717, 1.165) is 44.9 Å². The molecule has 0 aromatic heterocycles. The highest BCUT2D eigenvalue weighted by atomic mass is 31.2. The van der Waals surface area contributed by atoms with E-state index in [2.05, 4.69) is 42.7 Å². The number of unbranched alkanes of at least 4 members (excludes halogenated alkanes) is 39. The van der Waals surface area contributed by atoms with Crippen molar-refractivity contribution < 1.29 is 37.9 Å². The summed E-state index contributed by atoms with van der Waals surface area (Å²) in [5.74, 6) is -0.868. The van der Waals surface area contributed by atoms with E-state index < -0.39 is 32.5 Å². The third-order valence-corrected chi connectivity index (χ3v) is 13.2. The highest BCUT2D eigenvalue weighted by molar-refractivity contribution is 7.46. The summed E-state index contributed by atoms with van der Waals surface area (Å²) in [7, 11) is -4.76. The molecule has 0 aliphatic heterocycles. The molecule has 1 unspecified atom stereocenters. The average molecular weight is 939 g/mol.